The van der Waals surface area contributed by atoms with Gasteiger partial charge in [-0.1, -0.05) is 36.8 Å². The van der Waals surface area contributed by atoms with E-state index >= 15 is 0 Å². The molecule has 1 aromatic rings. The largest absolute Gasteiger partial charge is 0.338 e. The summed E-state index contributed by atoms with van der Waals surface area (Å²) in [5.41, 5.74) is 1.24. The quantitative estimate of drug-likeness (QED) is 0.872. The van der Waals surface area contributed by atoms with Crippen molar-refractivity contribution in [2.75, 3.05) is 13.1 Å². The molecule has 1 aliphatic heterocycles. The Hall–Kier alpha value is -1.35. The van der Waals surface area contributed by atoms with E-state index in [1.807, 2.05) is 6.07 Å². The topological polar surface area (TPSA) is 32.3 Å². The van der Waals surface area contributed by atoms with Crippen LogP contribution in [0.1, 0.15) is 44.1 Å². The van der Waals surface area contributed by atoms with Crippen LogP contribution in [0.5, 0.6) is 0 Å². The maximum atomic E-state index is 12.7. The standard InChI is InChI=1S/C18H26N2O/c21-18(12-17-10-5-11-19-17)20(14-16-8-4-9-16)13-15-6-2-1-3-7-15/h1-3,6-7,16-17,19H,4-5,8-14H2/t17-/m1/s1. The Labute approximate surface area is 127 Å². The number of carbonyl (C=O) groups is 1. The van der Waals surface area contributed by atoms with Gasteiger partial charge in [-0.2, -0.15) is 0 Å². The fourth-order valence-corrected chi connectivity index (χ4v) is 3.32. The van der Waals surface area contributed by atoms with Gasteiger partial charge in [-0.15, -0.1) is 0 Å². The molecule has 1 aromatic carbocycles. The lowest BCUT2D eigenvalue weighted by molar-refractivity contribution is -0.133. The molecule has 0 bridgehead atoms. The number of carbonyl (C=O) groups excluding carboxylic acids is 1. The predicted molar refractivity (Wildman–Crippen MR) is 84.8 cm³/mol. The Bertz CT molecular complexity index is 450. The minimum Gasteiger partial charge on any atom is -0.338 e. The normalized spacial score (nSPS) is 22.0. The van der Waals surface area contributed by atoms with Crippen molar-refractivity contribution < 1.29 is 4.79 Å². The van der Waals surface area contributed by atoms with Gasteiger partial charge in [0.25, 0.3) is 0 Å². The first-order chi connectivity index (χ1) is 10.3. The Morgan fingerprint density at radius 3 is 2.57 bits per heavy atom. The van der Waals surface area contributed by atoms with E-state index < -0.39 is 0 Å². The number of hydrogen-bond acceptors (Lipinski definition) is 2. The minimum absolute atomic E-state index is 0.324. The summed E-state index contributed by atoms with van der Waals surface area (Å²) < 4.78 is 0. The van der Waals surface area contributed by atoms with Crippen molar-refractivity contribution in [3.63, 3.8) is 0 Å². The average Bonchev–Trinajstić information content (AvgIpc) is 2.95. The van der Waals surface area contributed by atoms with Crippen LogP contribution >= 0.6 is 0 Å². The zero-order valence-electron chi connectivity index (χ0n) is 12.8. The van der Waals surface area contributed by atoms with Crippen molar-refractivity contribution in [1.29, 1.82) is 0 Å². The van der Waals surface area contributed by atoms with Crippen LogP contribution in [0.25, 0.3) is 0 Å². The van der Waals surface area contributed by atoms with E-state index in [-0.39, 0.29) is 0 Å². The van der Waals surface area contributed by atoms with Crippen LogP contribution in [0.3, 0.4) is 0 Å². The number of nitrogens with zero attached hydrogens (tertiary/aromatic N) is 1. The second-order valence-corrected chi connectivity index (χ2v) is 6.55. The van der Waals surface area contributed by atoms with Gasteiger partial charge in [0.2, 0.25) is 5.91 Å². The number of amides is 1. The van der Waals surface area contributed by atoms with Crippen LogP contribution in [0.2, 0.25) is 0 Å². The van der Waals surface area contributed by atoms with E-state index in [0.717, 1.165) is 32.0 Å². The third-order valence-corrected chi connectivity index (χ3v) is 4.86. The van der Waals surface area contributed by atoms with E-state index in [2.05, 4.69) is 34.5 Å². The van der Waals surface area contributed by atoms with Crippen molar-refractivity contribution >= 4 is 5.91 Å². The molecule has 21 heavy (non-hydrogen) atoms. The van der Waals surface area contributed by atoms with Crippen molar-refractivity contribution in [2.45, 2.75) is 51.1 Å². The number of benzene rings is 1. The van der Waals surface area contributed by atoms with E-state index in [4.69, 9.17) is 0 Å². The summed E-state index contributed by atoms with van der Waals surface area (Å²) in [4.78, 5) is 14.8. The maximum absolute atomic E-state index is 12.7. The monoisotopic (exact) mass is 286 g/mol. The molecule has 0 aromatic heterocycles. The SMILES string of the molecule is O=C(C[C@H]1CCCN1)N(Cc1ccccc1)CC1CCC1. The molecular weight excluding hydrogens is 260 g/mol. The van der Waals surface area contributed by atoms with Crippen LogP contribution in [0.4, 0.5) is 0 Å². The van der Waals surface area contributed by atoms with Gasteiger partial charge in [-0.05, 0) is 43.7 Å². The molecule has 1 N–H and O–H groups in total. The van der Waals surface area contributed by atoms with Gasteiger partial charge in [-0.25, -0.2) is 0 Å². The first kappa shape index (κ1) is 14.6. The number of hydrogen-bond donors (Lipinski definition) is 1. The molecule has 1 atom stereocenters. The lowest BCUT2D eigenvalue weighted by Gasteiger charge is -2.33. The molecule has 2 aliphatic rings. The molecule has 0 spiro atoms. The molecule has 3 nitrogen and oxygen atoms in total. The van der Waals surface area contributed by atoms with E-state index in [9.17, 15) is 4.79 Å². The summed E-state index contributed by atoms with van der Waals surface area (Å²) >= 11 is 0. The van der Waals surface area contributed by atoms with Crippen LogP contribution in [0.15, 0.2) is 30.3 Å². The van der Waals surface area contributed by atoms with E-state index in [1.165, 1.54) is 31.2 Å². The second-order valence-electron chi connectivity index (χ2n) is 6.55. The summed E-state index contributed by atoms with van der Waals surface area (Å²) in [6.07, 6.45) is 6.94. The molecular formula is C18H26N2O. The Morgan fingerprint density at radius 2 is 1.95 bits per heavy atom. The van der Waals surface area contributed by atoms with E-state index in [1.54, 1.807) is 0 Å². The van der Waals surface area contributed by atoms with Gasteiger partial charge < -0.3 is 10.2 Å². The summed E-state index contributed by atoms with van der Waals surface area (Å²) in [6.45, 7) is 2.78. The number of rotatable bonds is 6. The highest BCUT2D eigenvalue weighted by molar-refractivity contribution is 5.77. The minimum atomic E-state index is 0.324. The van der Waals surface area contributed by atoms with Crippen molar-refractivity contribution in [1.82, 2.24) is 10.2 Å². The molecule has 3 rings (SSSR count). The highest BCUT2D eigenvalue weighted by Crippen LogP contribution is 2.28. The highest BCUT2D eigenvalue weighted by Gasteiger charge is 2.26. The maximum Gasteiger partial charge on any atom is 0.224 e. The lowest BCUT2D eigenvalue weighted by atomic mass is 9.85. The van der Waals surface area contributed by atoms with Gasteiger partial charge in [0.1, 0.15) is 0 Å². The van der Waals surface area contributed by atoms with Gasteiger partial charge in [0.15, 0.2) is 0 Å². The third-order valence-electron chi connectivity index (χ3n) is 4.86. The lowest BCUT2D eigenvalue weighted by Crippen LogP contribution is -2.39. The molecule has 1 saturated heterocycles. The fourth-order valence-electron chi connectivity index (χ4n) is 3.32. The van der Waals surface area contributed by atoms with Crippen LogP contribution in [-0.4, -0.2) is 29.9 Å². The number of nitrogens with one attached hydrogen (secondary N) is 1. The molecule has 1 heterocycles. The Balaban J connectivity index is 1.61. The first-order valence-corrected chi connectivity index (χ1v) is 8.36. The summed E-state index contributed by atoms with van der Waals surface area (Å²) in [7, 11) is 0. The Kier molecular flexibility index (Phi) is 4.91. The average molecular weight is 286 g/mol. The predicted octanol–water partition coefficient (Wildman–Crippen LogP) is 2.96. The van der Waals surface area contributed by atoms with Crippen LogP contribution in [-0.2, 0) is 11.3 Å². The molecule has 0 radical (unpaired) electrons. The third kappa shape index (κ3) is 4.07. The van der Waals surface area contributed by atoms with Crippen molar-refractivity contribution in [3.05, 3.63) is 35.9 Å². The van der Waals surface area contributed by atoms with Gasteiger partial charge in [0.05, 0.1) is 0 Å². The van der Waals surface area contributed by atoms with Gasteiger partial charge in [0, 0.05) is 25.6 Å². The van der Waals surface area contributed by atoms with Crippen molar-refractivity contribution in [2.24, 2.45) is 5.92 Å². The molecule has 0 unspecified atom stereocenters. The van der Waals surface area contributed by atoms with E-state index in [0.29, 0.717) is 18.4 Å². The molecule has 1 aliphatic carbocycles. The summed E-state index contributed by atoms with van der Waals surface area (Å²) in [5.74, 6) is 1.05. The fraction of sp³-hybridized carbons (Fsp3) is 0.611. The Morgan fingerprint density at radius 1 is 1.14 bits per heavy atom. The summed E-state index contributed by atoms with van der Waals surface area (Å²) in [5, 5.41) is 3.44. The second kappa shape index (κ2) is 7.08. The van der Waals surface area contributed by atoms with Crippen molar-refractivity contribution in [3.8, 4) is 0 Å². The first-order valence-electron chi connectivity index (χ1n) is 8.36. The van der Waals surface area contributed by atoms with Crippen LogP contribution in [0, 0.1) is 5.92 Å². The zero-order chi connectivity index (χ0) is 14.5. The van der Waals surface area contributed by atoms with Crippen LogP contribution < -0.4 is 5.32 Å². The molecule has 114 valence electrons. The van der Waals surface area contributed by atoms with Gasteiger partial charge >= 0.3 is 0 Å². The highest BCUT2D eigenvalue weighted by atomic mass is 16.2. The molecule has 3 heteroatoms. The molecule has 1 saturated carbocycles. The molecule has 1 amide bonds. The summed E-state index contributed by atoms with van der Waals surface area (Å²) in [6, 6.07) is 10.8. The molecule has 2 fully saturated rings. The van der Waals surface area contributed by atoms with Gasteiger partial charge in [-0.3, -0.25) is 4.79 Å². The smallest absolute Gasteiger partial charge is 0.224 e. The zero-order valence-corrected chi connectivity index (χ0v) is 12.8.